The Kier molecular flexibility index (Phi) is 3.20. The lowest BCUT2D eigenvalue weighted by atomic mass is 9.77. The van der Waals surface area contributed by atoms with Crippen molar-refractivity contribution in [3.05, 3.63) is 23.5 Å². The number of hydrogen-bond donors (Lipinski definition) is 0. The van der Waals surface area contributed by atoms with Gasteiger partial charge < -0.3 is 14.0 Å². The molecule has 4 nitrogen and oxygen atoms in total. The van der Waals surface area contributed by atoms with E-state index in [1.54, 1.807) is 0 Å². The minimum absolute atomic E-state index is 0.301. The molecule has 2 aliphatic heterocycles. The van der Waals surface area contributed by atoms with Crippen molar-refractivity contribution >= 4 is 12.6 Å². The van der Waals surface area contributed by atoms with Crippen molar-refractivity contribution in [2.24, 2.45) is 0 Å². The molecule has 3 fully saturated rings. The van der Waals surface area contributed by atoms with E-state index in [4.69, 9.17) is 19.0 Å². The van der Waals surface area contributed by atoms with E-state index in [9.17, 15) is 0 Å². The molecule has 0 bridgehead atoms. The summed E-state index contributed by atoms with van der Waals surface area (Å²) in [6.07, 6.45) is 2.50. The third-order valence-corrected chi connectivity index (χ3v) is 5.46. The Balaban J connectivity index is 1.67. The Labute approximate surface area is 132 Å². The normalized spacial score (nSPS) is 27.0. The van der Waals surface area contributed by atoms with Gasteiger partial charge in [0.1, 0.15) is 0 Å². The van der Waals surface area contributed by atoms with Gasteiger partial charge in [-0.1, -0.05) is 0 Å². The summed E-state index contributed by atoms with van der Waals surface area (Å²) in [5, 5.41) is 0. The SMILES string of the molecule is CC1(C)OB(c2cc(C3CC3)nc(C3COC3)c2)OC1(C)C. The fourth-order valence-electron chi connectivity index (χ4n) is 2.92. The first-order valence-electron chi connectivity index (χ1n) is 8.31. The highest BCUT2D eigenvalue weighted by atomic mass is 16.7. The number of hydrogen-bond acceptors (Lipinski definition) is 4. The van der Waals surface area contributed by atoms with Gasteiger partial charge in [0.15, 0.2) is 0 Å². The van der Waals surface area contributed by atoms with Gasteiger partial charge in [-0.15, -0.1) is 0 Å². The van der Waals surface area contributed by atoms with E-state index in [1.165, 1.54) is 18.5 Å². The third-order valence-electron chi connectivity index (χ3n) is 5.46. The largest absolute Gasteiger partial charge is 0.494 e. The van der Waals surface area contributed by atoms with Crippen LogP contribution in [0.2, 0.25) is 0 Å². The molecule has 1 saturated carbocycles. The van der Waals surface area contributed by atoms with Crippen LogP contribution in [0.3, 0.4) is 0 Å². The van der Waals surface area contributed by atoms with Crippen LogP contribution in [0.4, 0.5) is 0 Å². The predicted molar refractivity (Wildman–Crippen MR) is 85.5 cm³/mol. The first-order valence-corrected chi connectivity index (χ1v) is 8.31. The molecule has 0 unspecified atom stereocenters. The van der Waals surface area contributed by atoms with Crippen LogP contribution < -0.4 is 5.46 Å². The summed E-state index contributed by atoms with van der Waals surface area (Å²) >= 11 is 0. The van der Waals surface area contributed by atoms with E-state index in [0.717, 1.165) is 24.4 Å². The second kappa shape index (κ2) is 4.79. The van der Waals surface area contributed by atoms with Gasteiger partial charge in [0, 0.05) is 23.2 Å². The summed E-state index contributed by atoms with van der Waals surface area (Å²) in [6, 6.07) is 4.34. The number of nitrogens with zero attached hydrogens (tertiary/aromatic N) is 1. The highest BCUT2D eigenvalue weighted by Crippen LogP contribution is 2.40. The predicted octanol–water partition coefficient (Wildman–Crippen LogP) is 2.37. The van der Waals surface area contributed by atoms with E-state index in [0.29, 0.717) is 11.8 Å². The quantitative estimate of drug-likeness (QED) is 0.804. The molecule has 0 spiro atoms. The van der Waals surface area contributed by atoms with Crippen molar-refractivity contribution in [1.82, 2.24) is 4.98 Å². The average Bonchev–Trinajstić information content (AvgIpc) is 3.15. The van der Waals surface area contributed by atoms with Crippen LogP contribution in [0, 0.1) is 0 Å². The molecule has 4 rings (SSSR count). The lowest BCUT2D eigenvalue weighted by Gasteiger charge is -2.32. The Morgan fingerprint density at radius 3 is 1.95 bits per heavy atom. The summed E-state index contributed by atoms with van der Waals surface area (Å²) in [5.74, 6) is 1.06. The molecule has 2 saturated heterocycles. The van der Waals surface area contributed by atoms with Gasteiger partial charge in [0.25, 0.3) is 0 Å². The standard InChI is InChI=1S/C17H24BNO3/c1-16(2)17(3,4)22-18(21-16)13-7-14(11-5-6-11)19-15(8-13)12-9-20-10-12/h7-8,11-12H,5-6,9-10H2,1-4H3. The second-order valence-corrected chi connectivity index (χ2v) is 7.85. The summed E-state index contributed by atoms with van der Waals surface area (Å²) < 4.78 is 17.8. The van der Waals surface area contributed by atoms with Gasteiger partial charge in [-0.3, -0.25) is 4.98 Å². The first kappa shape index (κ1) is 14.7. The Hall–Kier alpha value is -0.905. The molecule has 22 heavy (non-hydrogen) atoms. The van der Waals surface area contributed by atoms with Crippen LogP contribution in [0.1, 0.15) is 63.8 Å². The van der Waals surface area contributed by atoms with Gasteiger partial charge in [-0.05, 0) is 58.1 Å². The maximum absolute atomic E-state index is 6.21. The number of pyridine rings is 1. The Morgan fingerprint density at radius 1 is 0.955 bits per heavy atom. The molecule has 0 atom stereocenters. The van der Waals surface area contributed by atoms with Gasteiger partial charge in [-0.25, -0.2) is 0 Å². The molecule has 3 aliphatic rings. The van der Waals surface area contributed by atoms with E-state index >= 15 is 0 Å². The summed E-state index contributed by atoms with van der Waals surface area (Å²) in [4.78, 5) is 4.87. The fraction of sp³-hybridized carbons (Fsp3) is 0.706. The molecule has 118 valence electrons. The van der Waals surface area contributed by atoms with Crippen LogP contribution in [-0.4, -0.2) is 36.5 Å². The Morgan fingerprint density at radius 2 is 1.50 bits per heavy atom. The fourth-order valence-corrected chi connectivity index (χ4v) is 2.92. The molecule has 5 heteroatoms. The zero-order valence-electron chi connectivity index (χ0n) is 13.9. The second-order valence-electron chi connectivity index (χ2n) is 7.85. The lowest BCUT2D eigenvalue weighted by Crippen LogP contribution is -2.41. The van der Waals surface area contributed by atoms with Gasteiger partial charge in [-0.2, -0.15) is 0 Å². The molecule has 1 aromatic heterocycles. The molecule has 0 amide bonds. The molecule has 0 aromatic carbocycles. The van der Waals surface area contributed by atoms with Crippen LogP contribution in [-0.2, 0) is 14.0 Å². The van der Waals surface area contributed by atoms with Crippen molar-refractivity contribution in [3.8, 4) is 0 Å². The monoisotopic (exact) mass is 301 g/mol. The number of rotatable bonds is 3. The first-order chi connectivity index (χ1) is 10.4. The van der Waals surface area contributed by atoms with Crippen molar-refractivity contribution < 1.29 is 14.0 Å². The average molecular weight is 301 g/mol. The molecule has 1 aromatic rings. The van der Waals surface area contributed by atoms with Crippen molar-refractivity contribution in [1.29, 1.82) is 0 Å². The smallest absolute Gasteiger partial charge is 0.399 e. The Bertz CT molecular complexity index is 578. The van der Waals surface area contributed by atoms with Gasteiger partial charge >= 0.3 is 7.12 Å². The highest BCUT2D eigenvalue weighted by Gasteiger charge is 2.52. The van der Waals surface area contributed by atoms with Crippen molar-refractivity contribution in [3.63, 3.8) is 0 Å². The summed E-state index contributed by atoms with van der Waals surface area (Å²) in [6.45, 7) is 9.94. The zero-order valence-corrected chi connectivity index (χ0v) is 13.9. The molecular formula is C17H24BNO3. The summed E-state index contributed by atoms with van der Waals surface area (Å²) in [5.41, 5.74) is 2.84. The number of ether oxygens (including phenoxy) is 1. The maximum Gasteiger partial charge on any atom is 0.494 e. The topological polar surface area (TPSA) is 40.6 Å². The van der Waals surface area contributed by atoms with Gasteiger partial charge in [0.05, 0.1) is 24.4 Å². The van der Waals surface area contributed by atoms with Crippen molar-refractivity contribution in [2.45, 2.75) is 63.6 Å². The maximum atomic E-state index is 6.21. The third kappa shape index (κ3) is 2.39. The summed E-state index contributed by atoms with van der Waals surface area (Å²) in [7, 11) is -0.301. The van der Waals surface area contributed by atoms with E-state index < -0.39 is 0 Å². The minimum atomic E-state index is -0.305. The molecule has 3 heterocycles. The molecular weight excluding hydrogens is 277 g/mol. The molecule has 0 radical (unpaired) electrons. The van der Waals surface area contributed by atoms with Crippen molar-refractivity contribution in [2.75, 3.05) is 13.2 Å². The van der Waals surface area contributed by atoms with Crippen LogP contribution in [0.15, 0.2) is 12.1 Å². The van der Waals surface area contributed by atoms with E-state index in [2.05, 4.69) is 39.8 Å². The highest BCUT2D eigenvalue weighted by molar-refractivity contribution is 6.62. The van der Waals surface area contributed by atoms with Crippen LogP contribution in [0.25, 0.3) is 0 Å². The molecule has 1 aliphatic carbocycles. The number of aromatic nitrogens is 1. The molecule has 0 N–H and O–H groups in total. The lowest BCUT2D eigenvalue weighted by molar-refractivity contribution is 0.00578. The minimum Gasteiger partial charge on any atom is -0.399 e. The van der Waals surface area contributed by atoms with Gasteiger partial charge in [0.2, 0.25) is 0 Å². The van der Waals surface area contributed by atoms with Crippen LogP contribution in [0.5, 0.6) is 0 Å². The zero-order chi connectivity index (χ0) is 15.5. The van der Waals surface area contributed by atoms with Crippen LogP contribution >= 0.6 is 0 Å². The van der Waals surface area contributed by atoms with E-state index in [-0.39, 0.29) is 18.3 Å². The van der Waals surface area contributed by atoms with E-state index in [1.807, 2.05) is 0 Å².